The van der Waals surface area contributed by atoms with E-state index in [-0.39, 0.29) is 0 Å². The van der Waals surface area contributed by atoms with E-state index in [1.165, 1.54) is 11.3 Å². The molecule has 0 saturated carbocycles. The van der Waals surface area contributed by atoms with Gasteiger partial charge in [-0.05, 0) is 26.8 Å². The van der Waals surface area contributed by atoms with E-state index in [0.717, 1.165) is 19.5 Å². The van der Waals surface area contributed by atoms with Crippen LogP contribution < -0.4 is 5.32 Å². The number of hydrogen-bond acceptors (Lipinski definition) is 2. The third kappa shape index (κ3) is 1.46. The van der Waals surface area contributed by atoms with Gasteiger partial charge in [-0.25, -0.2) is 0 Å². The van der Waals surface area contributed by atoms with Gasteiger partial charge in [-0.1, -0.05) is 11.6 Å². The van der Waals surface area contributed by atoms with Gasteiger partial charge in [0.25, 0.3) is 0 Å². The lowest BCUT2D eigenvalue weighted by Gasteiger charge is -2.16. The average Bonchev–Trinajstić information content (AvgIpc) is 2.45. The highest BCUT2D eigenvalue weighted by Gasteiger charge is 2.20. The molecule has 2 heterocycles. The molecule has 0 fully saturated rings. The van der Waals surface area contributed by atoms with Crippen LogP contribution in [0.2, 0.25) is 5.15 Å². The van der Waals surface area contributed by atoms with Gasteiger partial charge in [-0.15, -0.1) is 0 Å². The first-order chi connectivity index (χ1) is 6.20. The number of aromatic nitrogens is 2. The molecule has 0 bridgehead atoms. The van der Waals surface area contributed by atoms with Crippen molar-refractivity contribution < 1.29 is 0 Å². The van der Waals surface area contributed by atoms with E-state index in [1.54, 1.807) is 0 Å². The molecule has 4 heteroatoms. The van der Waals surface area contributed by atoms with Gasteiger partial charge in [0.05, 0.1) is 5.69 Å². The van der Waals surface area contributed by atoms with E-state index in [9.17, 15) is 0 Å². The third-order valence-electron chi connectivity index (χ3n) is 2.40. The fourth-order valence-corrected chi connectivity index (χ4v) is 2.04. The van der Waals surface area contributed by atoms with Gasteiger partial charge >= 0.3 is 0 Å². The van der Waals surface area contributed by atoms with Crippen molar-refractivity contribution >= 4 is 11.6 Å². The second-order valence-electron chi connectivity index (χ2n) is 3.68. The van der Waals surface area contributed by atoms with Crippen molar-refractivity contribution in [3.63, 3.8) is 0 Å². The zero-order valence-electron chi connectivity index (χ0n) is 7.97. The predicted octanol–water partition coefficient (Wildman–Crippen LogP) is 1.76. The first-order valence-corrected chi connectivity index (χ1v) is 5.04. The molecule has 1 aromatic rings. The summed E-state index contributed by atoms with van der Waals surface area (Å²) in [5.41, 5.74) is 2.49. The van der Waals surface area contributed by atoms with Crippen molar-refractivity contribution in [1.82, 2.24) is 15.1 Å². The van der Waals surface area contributed by atoms with E-state index in [1.807, 2.05) is 4.68 Å². The molecule has 0 radical (unpaired) electrons. The fourth-order valence-electron chi connectivity index (χ4n) is 1.76. The lowest BCUT2D eigenvalue weighted by Crippen LogP contribution is -2.25. The minimum absolute atomic E-state index is 0.390. The molecule has 0 unspecified atom stereocenters. The summed E-state index contributed by atoms with van der Waals surface area (Å²) in [6.07, 6.45) is 1.00. The number of rotatable bonds is 1. The molecule has 0 aromatic carbocycles. The molecule has 0 spiro atoms. The minimum Gasteiger partial charge on any atom is -0.311 e. The molecule has 0 saturated heterocycles. The van der Waals surface area contributed by atoms with Crippen molar-refractivity contribution in [2.75, 3.05) is 6.54 Å². The fraction of sp³-hybridized carbons (Fsp3) is 0.667. The summed E-state index contributed by atoms with van der Waals surface area (Å²) >= 11 is 6.05. The van der Waals surface area contributed by atoms with Crippen LogP contribution in [-0.2, 0) is 13.0 Å². The van der Waals surface area contributed by atoms with E-state index < -0.39 is 0 Å². The smallest absolute Gasteiger partial charge is 0.154 e. The van der Waals surface area contributed by atoms with Crippen LogP contribution in [0.4, 0.5) is 0 Å². The molecular formula is C9H14ClN3. The van der Waals surface area contributed by atoms with Crippen molar-refractivity contribution in [2.24, 2.45) is 0 Å². The van der Waals surface area contributed by atoms with Crippen LogP contribution >= 0.6 is 11.6 Å². The Morgan fingerprint density at radius 2 is 2.31 bits per heavy atom. The largest absolute Gasteiger partial charge is 0.311 e. The maximum absolute atomic E-state index is 6.05. The molecule has 1 aliphatic heterocycles. The van der Waals surface area contributed by atoms with Crippen LogP contribution in [0.25, 0.3) is 0 Å². The first-order valence-electron chi connectivity index (χ1n) is 4.66. The molecule has 2 rings (SSSR count). The van der Waals surface area contributed by atoms with Gasteiger partial charge in [-0.3, -0.25) is 4.68 Å². The van der Waals surface area contributed by atoms with Crippen LogP contribution in [0.3, 0.4) is 0 Å². The quantitative estimate of drug-likeness (QED) is 0.747. The summed E-state index contributed by atoms with van der Waals surface area (Å²) in [5, 5.41) is 8.35. The highest BCUT2D eigenvalue weighted by atomic mass is 35.5. The van der Waals surface area contributed by atoms with Crippen molar-refractivity contribution in [3.8, 4) is 0 Å². The maximum Gasteiger partial charge on any atom is 0.154 e. The topological polar surface area (TPSA) is 29.9 Å². The van der Waals surface area contributed by atoms with Crippen LogP contribution in [0.15, 0.2) is 0 Å². The van der Waals surface area contributed by atoms with Gasteiger partial charge in [0.2, 0.25) is 0 Å². The Morgan fingerprint density at radius 3 is 3.00 bits per heavy atom. The number of hydrogen-bond donors (Lipinski definition) is 1. The second-order valence-corrected chi connectivity index (χ2v) is 4.04. The predicted molar refractivity (Wildman–Crippen MR) is 53.0 cm³/mol. The summed E-state index contributed by atoms with van der Waals surface area (Å²) < 4.78 is 2.02. The monoisotopic (exact) mass is 199 g/mol. The molecule has 0 atom stereocenters. The Bertz CT molecular complexity index is 317. The van der Waals surface area contributed by atoms with E-state index in [2.05, 4.69) is 24.3 Å². The zero-order valence-corrected chi connectivity index (χ0v) is 8.73. The third-order valence-corrected chi connectivity index (χ3v) is 2.71. The highest BCUT2D eigenvalue weighted by molar-refractivity contribution is 6.30. The Hall–Kier alpha value is -0.540. The summed E-state index contributed by atoms with van der Waals surface area (Å²) in [7, 11) is 0. The van der Waals surface area contributed by atoms with E-state index >= 15 is 0 Å². The van der Waals surface area contributed by atoms with Crippen LogP contribution in [0.1, 0.15) is 31.1 Å². The normalized spacial score (nSPS) is 16.3. The van der Waals surface area contributed by atoms with Crippen molar-refractivity contribution in [1.29, 1.82) is 0 Å². The molecule has 1 N–H and O–H groups in total. The Kier molecular flexibility index (Phi) is 2.30. The molecule has 1 aliphatic rings. The average molecular weight is 200 g/mol. The minimum atomic E-state index is 0.390. The maximum atomic E-state index is 6.05. The SMILES string of the molecule is CC(C)n1nc(Cl)c2c1CNCC2. The second kappa shape index (κ2) is 3.31. The molecule has 0 amide bonds. The van der Waals surface area contributed by atoms with Gasteiger partial charge in [0.15, 0.2) is 5.15 Å². The molecule has 72 valence electrons. The Morgan fingerprint density at radius 1 is 1.54 bits per heavy atom. The van der Waals surface area contributed by atoms with Crippen LogP contribution in [-0.4, -0.2) is 16.3 Å². The molecule has 1 aromatic heterocycles. The Labute approximate surface area is 83.1 Å². The van der Waals surface area contributed by atoms with Gasteiger partial charge in [0, 0.05) is 18.2 Å². The molecule has 3 nitrogen and oxygen atoms in total. The number of nitrogens with zero attached hydrogens (tertiary/aromatic N) is 2. The number of halogens is 1. The Balaban J connectivity index is 2.47. The number of fused-ring (bicyclic) bond motifs is 1. The van der Waals surface area contributed by atoms with Gasteiger partial charge in [-0.2, -0.15) is 5.10 Å². The van der Waals surface area contributed by atoms with Crippen LogP contribution in [0.5, 0.6) is 0 Å². The van der Waals surface area contributed by atoms with Crippen molar-refractivity contribution in [3.05, 3.63) is 16.4 Å². The zero-order chi connectivity index (χ0) is 9.42. The lowest BCUT2D eigenvalue weighted by molar-refractivity contribution is 0.486. The summed E-state index contributed by atoms with van der Waals surface area (Å²) in [6, 6.07) is 0.390. The van der Waals surface area contributed by atoms with Crippen LogP contribution in [0, 0.1) is 0 Å². The van der Waals surface area contributed by atoms with Gasteiger partial charge < -0.3 is 5.32 Å². The molecular weight excluding hydrogens is 186 g/mol. The molecule has 0 aliphatic carbocycles. The summed E-state index contributed by atoms with van der Waals surface area (Å²) in [5.74, 6) is 0. The van der Waals surface area contributed by atoms with E-state index in [4.69, 9.17) is 11.6 Å². The molecule has 13 heavy (non-hydrogen) atoms. The summed E-state index contributed by atoms with van der Waals surface area (Å²) in [6.45, 7) is 6.15. The highest BCUT2D eigenvalue weighted by Crippen LogP contribution is 2.24. The first kappa shape index (κ1) is 9.03. The van der Waals surface area contributed by atoms with Gasteiger partial charge in [0.1, 0.15) is 0 Å². The lowest BCUT2D eigenvalue weighted by atomic mass is 10.1. The summed E-state index contributed by atoms with van der Waals surface area (Å²) in [4.78, 5) is 0. The standard InChI is InChI=1S/C9H14ClN3/c1-6(2)13-8-5-11-4-3-7(8)9(10)12-13/h6,11H,3-5H2,1-2H3. The van der Waals surface area contributed by atoms with E-state index in [0.29, 0.717) is 11.2 Å². The van der Waals surface area contributed by atoms with Crippen molar-refractivity contribution in [2.45, 2.75) is 32.9 Å². The number of nitrogens with one attached hydrogen (secondary N) is 1.